The van der Waals surface area contributed by atoms with Crippen LogP contribution in [0.3, 0.4) is 0 Å². The summed E-state index contributed by atoms with van der Waals surface area (Å²) >= 11 is 0. The summed E-state index contributed by atoms with van der Waals surface area (Å²) < 4.78 is 56.1. The second-order valence-electron chi connectivity index (χ2n) is 5.51. The predicted molar refractivity (Wildman–Crippen MR) is 75.4 cm³/mol. The molecule has 1 aromatic rings. The average molecular weight is 348 g/mol. The minimum Gasteiger partial charge on any atom is -0.484 e. The van der Waals surface area contributed by atoms with Gasteiger partial charge in [0, 0.05) is 13.1 Å². The molecule has 1 unspecified atom stereocenters. The highest BCUT2D eigenvalue weighted by Crippen LogP contribution is 2.33. The molecule has 1 atom stereocenters. The minimum atomic E-state index is -4.85. The maximum Gasteiger partial charge on any atom is 0.419 e. The van der Waals surface area contributed by atoms with Gasteiger partial charge in [0.2, 0.25) is 5.91 Å². The largest absolute Gasteiger partial charge is 0.484 e. The van der Waals surface area contributed by atoms with E-state index < -0.39 is 41.9 Å². The lowest BCUT2D eigenvalue weighted by Crippen LogP contribution is -2.45. The molecule has 24 heavy (non-hydrogen) atoms. The van der Waals surface area contributed by atoms with Gasteiger partial charge in [-0.05, 0) is 31.0 Å². The minimum absolute atomic E-state index is 0.161. The van der Waals surface area contributed by atoms with Crippen LogP contribution in [0.25, 0.3) is 0 Å². The van der Waals surface area contributed by atoms with E-state index >= 15 is 0 Å². The molecule has 1 aromatic carbocycles. The Morgan fingerprint density at radius 3 is 2.67 bits per heavy atom. The number of nitrogens with zero attached hydrogens (tertiary/aromatic N) is 1. The number of carbonyl (C=O) groups excluding carboxylic acids is 2. The lowest BCUT2D eigenvalue weighted by molar-refractivity contribution is -0.140. The van der Waals surface area contributed by atoms with Gasteiger partial charge >= 0.3 is 6.18 Å². The number of piperidine rings is 1. The van der Waals surface area contributed by atoms with Gasteiger partial charge in [-0.3, -0.25) is 9.59 Å². The Hall–Kier alpha value is -2.32. The van der Waals surface area contributed by atoms with E-state index in [0.29, 0.717) is 31.5 Å². The summed E-state index contributed by atoms with van der Waals surface area (Å²) in [5.41, 5.74) is 3.76. The van der Waals surface area contributed by atoms with Gasteiger partial charge in [0.1, 0.15) is 11.6 Å². The third-order valence-corrected chi connectivity index (χ3v) is 3.78. The van der Waals surface area contributed by atoms with E-state index in [0.717, 1.165) is 6.07 Å². The van der Waals surface area contributed by atoms with Crippen molar-refractivity contribution in [3.05, 3.63) is 29.6 Å². The summed E-state index contributed by atoms with van der Waals surface area (Å²) in [6.45, 7) is 0.0757. The summed E-state index contributed by atoms with van der Waals surface area (Å²) in [6, 6.07) is 2.15. The Bertz CT molecular complexity index is 634. The lowest BCUT2D eigenvalue weighted by Gasteiger charge is -2.31. The van der Waals surface area contributed by atoms with Crippen LogP contribution in [-0.4, -0.2) is 36.4 Å². The zero-order chi connectivity index (χ0) is 17.9. The maximum atomic E-state index is 13.2. The van der Waals surface area contributed by atoms with Gasteiger partial charge in [-0.1, -0.05) is 0 Å². The van der Waals surface area contributed by atoms with Gasteiger partial charge in [-0.2, -0.15) is 13.2 Å². The van der Waals surface area contributed by atoms with Crippen LogP contribution >= 0.6 is 0 Å². The number of benzene rings is 1. The zero-order valence-electron chi connectivity index (χ0n) is 12.6. The van der Waals surface area contributed by atoms with Crippen molar-refractivity contribution in [1.82, 2.24) is 4.90 Å². The SMILES string of the molecule is NC(=O)C1CCCN(C(=O)COc2ccc(F)c(C(F)(F)F)c2)C1. The van der Waals surface area contributed by atoms with Gasteiger partial charge in [0.15, 0.2) is 6.61 Å². The second kappa shape index (κ2) is 7.06. The van der Waals surface area contributed by atoms with Crippen LogP contribution in [0.2, 0.25) is 0 Å². The van der Waals surface area contributed by atoms with Crippen molar-refractivity contribution in [2.24, 2.45) is 11.7 Å². The quantitative estimate of drug-likeness (QED) is 0.846. The molecule has 0 bridgehead atoms. The van der Waals surface area contributed by atoms with Gasteiger partial charge < -0.3 is 15.4 Å². The number of halogens is 4. The van der Waals surface area contributed by atoms with Crippen molar-refractivity contribution in [2.75, 3.05) is 19.7 Å². The third kappa shape index (κ3) is 4.36. The van der Waals surface area contributed by atoms with Crippen LogP contribution in [-0.2, 0) is 15.8 Å². The number of nitrogens with two attached hydrogens (primary N) is 1. The average Bonchev–Trinajstić information content (AvgIpc) is 2.52. The van der Waals surface area contributed by atoms with E-state index in [1.54, 1.807) is 0 Å². The smallest absolute Gasteiger partial charge is 0.419 e. The van der Waals surface area contributed by atoms with E-state index in [1.807, 2.05) is 0 Å². The fraction of sp³-hybridized carbons (Fsp3) is 0.467. The summed E-state index contributed by atoms with van der Waals surface area (Å²) in [5, 5.41) is 0. The molecule has 0 spiro atoms. The van der Waals surface area contributed by atoms with Crippen molar-refractivity contribution in [2.45, 2.75) is 19.0 Å². The van der Waals surface area contributed by atoms with Crippen LogP contribution in [0.4, 0.5) is 17.6 Å². The Labute approximate surface area is 135 Å². The molecule has 9 heteroatoms. The summed E-state index contributed by atoms with van der Waals surface area (Å²) in [5.74, 6) is -3.09. The summed E-state index contributed by atoms with van der Waals surface area (Å²) in [6.07, 6.45) is -3.66. The lowest BCUT2D eigenvalue weighted by atomic mass is 9.97. The fourth-order valence-electron chi connectivity index (χ4n) is 2.48. The topological polar surface area (TPSA) is 72.6 Å². The molecule has 1 heterocycles. The molecule has 2 N–H and O–H groups in total. The molecule has 1 fully saturated rings. The molecule has 0 aromatic heterocycles. The number of amides is 2. The fourth-order valence-corrected chi connectivity index (χ4v) is 2.48. The van der Waals surface area contributed by atoms with E-state index in [-0.39, 0.29) is 12.3 Å². The van der Waals surface area contributed by atoms with E-state index in [1.165, 1.54) is 4.90 Å². The first-order valence-electron chi connectivity index (χ1n) is 7.25. The Morgan fingerprint density at radius 1 is 1.33 bits per heavy atom. The van der Waals surface area contributed by atoms with Crippen molar-refractivity contribution in [3.63, 3.8) is 0 Å². The maximum absolute atomic E-state index is 13.2. The first-order valence-corrected chi connectivity index (χ1v) is 7.25. The van der Waals surface area contributed by atoms with Crippen LogP contribution in [0.5, 0.6) is 5.75 Å². The normalized spacial score (nSPS) is 18.3. The van der Waals surface area contributed by atoms with Crippen molar-refractivity contribution < 1.29 is 31.9 Å². The molecular formula is C15H16F4N2O3. The Balaban J connectivity index is 1.98. The number of likely N-dealkylation sites (tertiary alicyclic amines) is 1. The number of carbonyl (C=O) groups is 2. The van der Waals surface area contributed by atoms with Gasteiger partial charge in [-0.25, -0.2) is 4.39 Å². The molecule has 1 saturated heterocycles. The number of ether oxygens (including phenoxy) is 1. The predicted octanol–water partition coefficient (Wildman–Crippen LogP) is 1.95. The monoisotopic (exact) mass is 348 g/mol. The molecule has 0 aliphatic carbocycles. The van der Waals surface area contributed by atoms with Gasteiger partial charge in [0.25, 0.3) is 5.91 Å². The molecule has 2 rings (SSSR count). The number of hydrogen-bond donors (Lipinski definition) is 1. The van der Waals surface area contributed by atoms with Gasteiger partial charge in [-0.15, -0.1) is 0 Å². The van der Waals surface area contributed by atoms with Gasteiger partial charge in [0.05, 0.1) is 11.5 Å². The standard InChI is InChI=1S/C15H16F4N2O3/c16-12-4-3-10(6-11(12)15(17,18)19)24-8-13(22)21-5-1-2-9(7-21)14(20)23/h3-4,6,9H,1-2,5,7-8H2,(H2,20,23). The second-order valence-corrected chi connectivity index (χ2v) is 5.51. The van der Waals surface area contributed by atoms with Crippen LogP contribution in [0, 0.1) is 11.7 Å². The molecule has 132 valence electrons. The van der Waals surface area contributed by atoms with E-state index in [9.17, 15) is 27.2 Å². The molecule has 2 amide bonds. The zero-order valence-corrected chi connectivity index (χ0v) is 12.6. The number of hydrogen-bond acceptors (Lipinski definition) is 3. The van der Waals surface area contributed by atoms with Crippen molar-refractivity contribution >= 4 is 11.8 Å². The number of alkyl halides is 3. The summed E-state index contributed by atoms with van der Waals surface area (Å²) in [4.78, 5) is 24.6. The highest BCUT2D eigenvalue weighted by Gasteiger charge is 2.34. The van der Waals surface area contributed by atoms with Crippen LogP contribution < -0.4 is 10.5 Å². The Morgan fingerprint density at radius 2 is 2.04 bits per heavy atom. The molecule has 0 saturated carbocycles. The number of primary amides is 1. The van der Waals surface area contributed by atoms with Crippen molar-refractivity contribution in [1.29, 1.82) is 0 Å². The van der Waals surface area contributed by atoms with Crippen molar-refractivity contribution in [3.8, 4) is 5.75 Å². The molecular weight excluding hydrogens is 332 g/mol. The molecule has 1 aliphatic heterocycles. The first-order chi connectivity index (χ1) is 11.2. The molecule has 5 nitrogen and oxygen atoms in total. The third-order valence-electron chi connectivity index (χ3n) is 3.78. The van der Waals surface area contributed by atoms with Crippen LogP contribution in [0.1, 0.15) is 18.4 Å². The summed E-state index contributed by atoms with van der Waals surface area (Å²) in [7, 11) is 0. The highest BCUT2D eigenvalue weighted by molar-refractivity contribution is 5.81. The molecule has 0 radical (unpaired) electrons. The molecule has 1 aliphatic rings. The first kappa shape index (κ1) is 18.0. The van der Waals surface area contributed by atoms with E-state index in [4.69, 9.17) is 10.5 Å². The Kier molecular flexibility index (Phi) is 5.30. The van der Waals surface area contributed by atoms with Crippen LogP contribution in [0.15, 0.2) is 18.2 Å². The van der Waals surface area contributed by atoms with E-state index in [2.05, 4.69) is 0 Å². The number of rotatable bonds is 4. The highest BCUT2D eigenvalue weighted by atomic mass is 19.4.